The van der Waals surface area contributed by atoms with Crippen molar-refractivity contribution in [2.75, 3.05) is 23.3 Å². The van der Waals surface area contributed by atoms with Crippen LogP contribution in [0.3, 0.4) is 0 Å². The summed E-state index contributed by atoms with van der Waals surface area (Å²) < 4.78 is 2.52. The molecule has 1 fully saturated rings. The second-order valence-electron chi connectivity index (χ2n) is 7.18. The number of nitrogens with one attached hydrogen (secondary N) is 2. The summed E-state index contributed by atoms with van der Waals surface area (Å²) in [6.07, 6.45) is 3.12. The van der Waals surface area contributed by atoms with E-state index in [1.165, 1.54) is 17.8 Å². The van der Waals surface area contributed by atoms with Gasteiger partial charge in [-0.3, -0.25) is 19.1 Å². The first-order chi connectivity index (χ1) is 12.9. The Morgan fingerprint density at radius 3 is 2.70 bits per heavy atom. The fourth-order valence-corrected chi connectivity index (χ4v) is 3.33. The van der Waals surface area contributed by atoms with Crippen LogP contribution in [0.2, 0.25) is 0 Å². The highest BCUT2D eigenvalue weighted by molar-refractivity contribution is 5.40. The summed E-state index contributed by atoms with van der Waals surface area (Å²) in [5.74, 6) is 1.18. The van der Waals surface area contributed by atoms with Crippen LogP contribution < -0.4 is 27.0 Å². The Kier molecular flexibility index (Phi) is 5.48. The van der Waals surface area contributed by atoms with Gasteiger partial charge in [-0.25, -0.2) is 9.48 Å². The molecule has 0 aromatic carbocycles. The zero-order valence-corrected chi connectivity index (χ0v) is 15.9. The van der Waals surface area contributed by atoms with Crippen molar-refractivity contribution < 1.29 is 0 Å². The van der Waals surface area contributed by atoms with Crippen LogP contribution in [0, 0.1) is 0 Å². The predicted molar refractivity (Wildman–Crippen MR) is 105 cm³/mol. The van der Waals surface area contributed by atoms with Gasteiger partial charge >= 0.3 is 5.69 Å². The van der Waals surface area contributed by atoms with Gasteiger partial charge in [-0.15, -0.1) is 0 Å². The van der Waals surface area contributed by atoms with Crippen molar-refractivity contribution in [3.05, 3.63) is 49.4 Å². The highest BCUT2D eigenvalue weighted by Gasteiger charge is 2.24. The number of nitrogens with zero attached hydrogens (tertiary/aromatic N) is 4. The highest BCUT2D eigenvalue weighted by atomic mass is 16.2. The molecule has 2 N–H and O–H groups in total. The minimum absolute atomic E-state index is 0.00979. The van der Waals surface area contributed by atoms with Gasteiger partial charge in [0.15, 0.2) is 0 Å². The Hall–Kier alpha value is -2.84. The molecule has 1 aliphatic rings. The quantitative estimate of drug-likeness (QED) is 0.798. The van der Waals surface area contributed by atoms with Gasteiger partial charge in [0, 0.05) is 38.3 Å². The molecule has 3 rings (SSSR count). The number of aromatic amines is 1. The lowest BCUT2D eigenvalue weighted by molar-refractivity contribution is 0.451. The SMILES string of the molecule is CC(C)n1nc(N2CCCCC2CNc2cc(=O)n(C)c(=O)[nH]2)ccc1=O. The van der Waals surface area contributed by atoms with Gasteiger partial charge < -0.3 is 10.2 Å². The van der Waals surface area contributed by atoms with Crippen LogP contribution in [0.1, 0.15) is 39.2 Å². The molecule has 0 amide bonds. The summed E-state index contributed by atoms with van der Waals surface area (Å²) in [7, 11) is 1.43. The van der Waals surface area contributed by atoms with E-state index in [1.807, 2.05) is 13.8 Å². The lowest BCUT2D eigenvalue weighted by Gasteiger charge is -2.37. The first-order valence-electron chi connectivity index (χ1n) is 9.27. The maximum absolute atomic E-state index is 12.0. The maximum Gasteiger partial charge on any atom is 0.329 e. The van der Waals surface area contributed by atoms with Crippen molar-refractivity contribution in [1.82, 2.24) is 19.3 Å². The third kappa shape index (κ3) is 4.12. The molecular weight excluding hydrogens is 348 g/mol. The van der Waals surface area contributed by atoms with E-state index >= 15 is 0 Å². The van der Waals surface area contributed by atoms with E-state index in [2.05, 4.69) is 20.3 Å². The van der Waals surface area contributed by atoms with Crippen LogP contribution in [0.5, 0.6) is 0 Å². The Morgan fingerprint density at radius 2 is 2.00 bits per heavy atom. The Balaban J connectivity index is 1.80. The van der Waals surface area contributed by atoms with E-state index in [0.29, 0.717) is 12.4 Å². The molecule has 0 radical (unpaired) electrons. The zero-order chi connectivity index (χ0) is 19.6. The molecule has 27 heavy (non-hydrogen) atoms. The Morgan fingerprint density at radius 1 is 1.22 bits per heavy atom. The summed E-state index contributed by atoms with van der Waals surface area (Å²) in [5.41, 5.74) is -0.915. The summed E-state index contributed by atoms with van der Waals surface area (Å²) >= 11 is 0. The number of hydrogen-bond donors (Lipinski definition) is 2. The number of piperidine rings is 1. The smallest absolute Gasteiger partial charge is 0.329 e. The third-order valence-corrected chi connectivity index (χ3v) is 4.89. The second-order valence-corrected chi connectivity index (χ2v) is 7.18. The van der Waals surface area contributed by atoms with Gasteiger partial charge in [-0.05, 0) is 39.2 Å². The summed E-state index contributed by atoms with van der Waals surface area (Å²) in [5, 5.41) is 7.70. The average molecular weight is 374 g/mol. The molecule has 1 atom stereocenters. The topological polar surface area (TPSA) is 105 Å². The molecule has 1 saturated heterocycles. The van der Waals surface area contributed by atoms with Gasteiger partial charge in [0.1, 0.15) is 11.6 Å². The maximum atomic E-state index is 12.0. The third-order valence-electron chi connectivity index (χ3n) is 4.89. The molecule has 2 aromatic rings. The van der Waals surface area contributed by atoms with Crippen molar-refractivity contribution in [2.45, 2.75) is 45.2 Å². The van der Waals surface area contributed by atoms with Crippen molar-refractivity contribution in [2.24, 2.45) is 7.05 Å². The lowest BCUT2D eigenvalue weighted by Crippen LogP contribution is -2.45. The van der Waals surface area contributed by atoms with Crippen LogP contribution >= 0.6 is 0 Å². The van der Waals surface area contributed by atoms with E-state index in [0.717, 1.165) is 36.2 Å². The van der Waals surface area contributed by atoms with E-state index < -0.39 is 5.69 Å². The van der Waals surface area contributed by atoms with Crippen LogP contribution in [0.25, 0.3) is 0 Å². The fraction of sp³-hybridized carbons (Fsp3) is 0.556. The van der Waals surface area contributed by atoms with Crippen LogP contribution in [-0.4, -0.2) is 38.5 Å². The van der Waals surface area contributed by atoms with Crippen LogP contribution in [0.15, 0.2) is 32.6 Å². The lowest BCUT2D eigenvalue weighted by atomic mass is 10.0. The first-order valence-corrected chi connectivity index (χ1v) is 9.27. The monoisotopic (exact) mass is 374 g/mol. The van der Waals surface area contributed by atoms with Crippen LogP contribution in [-0.2, 0) is 7.05 Å². The number of anilines is 2. The Labute approximate surface area is 156 Å². The summed E-state index contributed by atoms with van der Waals surface area (Å²) in [6, 6.07) is 4.84. The average Bonchev–Trinajstić information content (AvgIpc) is 2.65. The normalized spacial score (nSPS) is 17.3. The number of hydrogen-bond acceptors (Lipinski definition) is 6. The van der Waals surface area contributed by atoms with Crippen molar-refractivity contribution >= 4 is 11.6 Å². The van der Waals surface area contributed by atoms with Gasteiger partial charge in [-0.1, -0.05) is 0 Å². The highest BCUT2D eigenvalue weighted by Crippen LogP contribution is 2.23. The first kappa shape index (κ1) is 18.9. The van der Waals surface area contributed by atoms with Gasteiger partial charge in [0.05, 0.1) is 6.04 Å². The number of H-pyrrole nitrogens is 1. The molecule has 1 unspecified atom stereocenters. The van der Waals surface area contributed by atoms with Gasteiger partial charge in [0.2, 0.25) is 0 Å². The molecule has 3 heterocycles. The molecule has 9 heteroatoms. The number of aromatic nitrogens is 4. The fourth-order valence-electron chi connectivity index (χ4n) is 3.33. The molecule has 9 nitrogen and oxygen atoms in total. The van der Waals surface area contributed by atoms with E-state index in [-0.39, 0.29) is 23.2 Å². The molecule has 0 spiro atoms. The summed E-state index contributed by atoms with van der Waals surface area (Å²) in [6.45, 7) is 5.27. The minimum Gasteiger partial charge on any atom is -0.369 e. The van der Waals surface area contributed by atoms with E-state index in [4.69, 9.17) is 0 Å². The largest absolute Gasteiger partial charge is 0.369 e. The molecule has 0 aliphatic carbocycles. The molecule has 2 aromatic heterocycles. The van der Waals surface area contributed by atoms with Gasteiger partial charge in [0.25, 0.3) is 11.1 Å². The second kappa shape index (κ2) is 7.81. The van der Waals surface area contributed by atoms with Gasteiger partial charge in [-0.2, -0.15) is 5.10 Å². The summed E-state index contributed by atoms with van der Waals surface area (Å²) in [4.78, 5) is 40.4. The zero-order valence-electron chi connectivity index (χ0n) is 15.9. The van der Waals surface area contributed by atoms with E-state index in [9.17, 15) is 14.4 Å². The van der Waals surface area contributed by atoms with E-state index in [1.54, 1.807) is 12.1 Å². The van der Waals surface area contributed by atoms with Crippen molar-refractivity contribution in [1.29, 1.82) is 0 Å². The van der Waals surface area contributed by atoms with Crippen molar-refractivity contribution in [3.63, 3.8) is 0 Å². The van der Waals surface area contributed by atoms with Crippen LogP contribution in [0.4, 0.5) is 11.6 Å². The number of rotatable bonds is 5. The minimum atomic E-state index is -0.448. The molecule has 1 aliphatic heterocycles. The molecule has 0 bridgehead atoms. The molecular formula is C18H26N6O3. The van der Waals surface area contributed by atoms with Crippen molar-refractivity contribution in [3.8, 4) is 0 Å². The molecule has 146 valence electrons. The standard InChI is InChI=1S/C18H26N6O3/c1-12(2)24-16(25)8-7-15(21-24)23-9-5-4-6-13(23)11-19-14-10-17(26)22(3)18(27)20-14/h7-8,10,12-13,19H,4-6,9,11H2,1-3H3,(H,20,27). The molecule has 0 saturated carbocycles. The predicted octanol–water partition coefficient (Wildman–Crippen LogP) is 0.682. The Bertz CT molecular complexity index is 943.